The van der Waals surface area contributed by atoms with Crippen LogP contribution in [0.5, 0.6) is 0 Å². The van der Waals surface area contributed by atoms with E-state index in [2.05, 4.69) is 15.0 Å². The molecular weight excluding hydrogens is 297 g/mol. The van der Waals surface area contributed by atoms with Gasteiger partial charge >= 0.3 is 6.18 Å². The zero-order chi connectivity index (χ0) is 16.2. The average molecular weight is 312 g/mol. The maximum atomic E-state index is 12.8. The summed E-state index contributed by atoms with van der Waals surface area (Å²) in [5, 5.41) is 6.20. The van der Waals surface area contributed by atoms with Crippen LogP contribution in [0.15, 0.2) is 41.1 Å². The van der Waals surface area contributed by atoms with Gasteiger partial charge in [-0.2, -0.15) is 13.2 Å². The maximum Gasteiger partial charge on any atom is 0.416 e. The zero-order valence-electron chi connectivity index (χ0n) is 11.9. The summed E-state index contributed by atoms with van der Waals surface area (Å²) in [4.78, 5) is 12.0. The molecule has 1 unspecified atom stereocenters. The predicted octanol–water partition coefficient (Wildman–Crippen LogP) is 3.96. The number of nitrogens with zero attached hydrogens (tertiary/aromatic N) is 1. The van der Waals surface area contributed by atoms with Gasteiger partial charge in [0.1, 0.15) is 6.26 Å². The van der Waals surface area contributed by atoms with E-state index in [9.17, 15) is 18.0 Å². The Bertz CT molecular complexity index is 624. The quantitative estimate of drug-likeness (QED) is 0.909. The summed E-state index contributed by atoms with van der Waals surface area (Å²) >= 11 is 0. The molecule has 0 spiro atoms. The first kappa shape index (κ1) is 16.1. The summed E-state index contributed by atoms with van der Waals surface area (Å²) in [6, 6.07) is 5.85. The van der Waals surface area contributed by atoms with Gasteiger partial charge in [0.15, 0.2) is 5.69 Å². The summed E-state index contributed by atoms with van der Waals surface area (Å²) in [6.45, 7) is 1.89. The van der Waals surface area contributed by atoms with Crippen molar-refractivity contribution in [2.75, 3.05) is 0 Å². The van der Waals surface area contributed by atoms with Crippen LogP contribution in [-0.2, 0) is 6.18 Å². The highest BCUT2D eigenvalue weighted by Gasteiger charge is 2.31. The van der Waals surface area contributed by atoms with Crippen molar-refractivity contribution in [1.29, 1.82) is 0 Å². The molecule has 1 N–H and O–H groups in total. The van der Waals surface area contributed by atoms with Crippen molar-refractivity contribution in [3.05, 3.63) is 53.4 Å². The van der Waals surface area contributed by atoms with Gasteiger partial charge in [-0.15, -0.1) is 0 Å². The fraction of sp³-hybridized carbons (Fsp3) is 0.333. The molecule has 0 aliphatic rings. The molecule has 118 valence electrons. The molecule has 4 nitrogen and oxygen atoms in total. The Kier molecular flexibility index (Phi) is 4.85. The molecular formula is C15H15F3N2O2. The van der Waals surface area contributed by atoms with E-state index in [1.165, 1.54) is 18.4 Å². The van der Waals surface area contributed by atoms with Gasteiger partial charge in [0.25, 0.3) is 5.91 Å². The SMILES string of the molecule is CCCC(NC(=O)c1ccon1)c1cccc(C(F)(F)F)c1. The first-order chi connectivity index (χ1) is 10.4. The molecule has 0 saturated heterocycles. The number of nitrogens with one attached hydrogen (secondary N) is 1. The minimum atomic E-state index is -4.41. The second kappa shape index (κ2) is 6.64. The van der Waals surface area contributed by atoms with Crippen molar-refractivity contribution in [2.24, 2.45) is 0 Å². The Balaban J connectivity index is 2.22. The highest BCUT2D eigenvalue weighted by molar-refractivity contribution is 5.92. The molecule has 0 fully saturated rings. The van der Waals surface area contributed by atoms with Crippen molar-refractivity contribution in [3.8, 4) is 0 Å². The number of hydrogen-bond acceptors (Lipinski definition) is 3. The van der Waals surface area contributed by atoms with Crippen molar-refractivity contribution in [2.45, 2.75) is 32.0 Å². The first-order valence-corrected chi connectivity index (χ1v) is 6.80. The lowest BCUT2D eigenvalue weighted by molar-refractivity contribution is -0.137. The number of carbonyl (C=O) groups is 1. The van der Waals surface area contributed by atoms with Crippen LogP contribution in [0.1, 0.15) is 47.4 Å². The fourth-order valence-corrected chi connectivity index (χ4v) is 2.10. The van der Waals surface area contributed by atoms with Gasteiger partial charge in [-0.3, -0.25) is 4.79 Å². The molecule has 0 saturated carbocycles. The van der Waals surface area contributed by atoms with Crippen LogP contribution in [-0.4, -0.2) is 11.1 Å². The summed E-state index contributed by atoms with van der Waals surface area (Å²) in [6.07, 6.45) is -1.93. The lowest BCUT2D eigenvalue weighted by Crippen LogP contribution is -2.29. The average Bonchev–Trinajstić information content (AvgIpc) is 3.00. The lowest BCUT2D eigenvalue weighted by atomic mass is 9.99. The summed E-state index contributed by atoms with van der Waals surface area (Å²) in [5.41, 5.74) is -0.233. The van der Waals surface area contributed by atoms with Crippen LogP contribution < -0.4 is 5.32 Å². The van der Waals surface area contributed by atoms with Crippen LogP contribution in [0.3, 0.4) is 0 Å². The monoisotopic (exact) mass is 312 g/mol. The Morgan fingerprint density at radius 3 is 2.73 bits per heavy atom. The molecule has 2 rings (SSSR count). The minimum absolute atomic E-state index is 0.0908. The smallest absolute Gasteiger partial charge is 0.364 e. The maximum absolute atomic E-state index is 12.8. The number of amides is 1. The molecule has 1 amide bonds. The van der Waals surface area contributed by atoms with E-state index in [0.717, 1.165) is 12.1 Å². The molecule has 2 aromatic rings. The number of halogens is 3. The molecule has 0 bridgehead atoms. The highest BCUT2D eigenvalue weighted by atomic mass is 19.4. The molecule has 0 aliphatic heterocycles. The number of hydrogen-bond donors (Lipinski definition) is 1. The van der Waals surface area contributed by atoms with Gasteiger partial charge in [-0.1, -0.05) is 30.6 Å². The number of benzene rings is 1. The molecule has 0 aliphatic carbocycles. The van der Waals surface area contributed by atoms with Gasteiger partial charge in [-0.05, 0) is 24.1 Å². The van der Waals surface area contributed by atoms with E-state index >= 15 is 0 Å². The van der Waals surface area contributed by atoms with Crippen LogP contribution >= 0.6 is 0 Å². The second-order valence-corrected chi connectivity index (χ2v) is 4.82. The Morgan fingerprint density at radius 2 is 2.14 bits per heavy atom. The largest absolute Gasteiger partial charge is 0.416 e. The van der Waals surface area contributed by atoms with Gasteiger partial charge in [0.2, 0.25) is 0 Å². The standard InChI is InChI=1S/C15H15F3N2O2/c1-2-4-12(19-14(21)13-7-8-22-20-13)10-5-3-6-11(9-10)15(16,17)18/h3,5-9,12H,2,4H2,1H3,(H,19,21). The Morgan fingerprint density at radius 1 is 1.36 bits per heavy atom. The van der Waals surface area contributed by atoms with E-state index in [4.69, 9.17) is 0 Å². The van der Waals surface area contributed by atoms with Gasteiger partial charge in [0, 0.05) is 6.07 Å². The van der Waals surface area contributed by atoms with Crippen molar-refractivity contribution in [1.82, 2.24) is 10.5 Å². The van der Waals surface area contributed by atoms with Crippen molar-refractivity contribution in [3.63, 3.8) is 0 Å². The molecule has 22 heavy (non-hydrogen) atoms. The van der Waals surface area contributed by atoms with Crippen LogP contribution in [0.2, 0.25) is 0 Å². The molecule has 1 aromatic heterocycles. The predicted molar refractivity (Wildman–Crippen MR) is 73.1 cm³/mol. The Hall–Kier alpha value is -2.31. The second-order valence-electron chi connectivity index (χ2n) is 4.82. The first-order valence-electron chi connectivity index (χ1n) is 6.80. The molecule has 7 heteroatoms. The van der Waals surface area contributed by atoms with E-state index in [1.54, 1.807) is 6.07 Å². The topological polar surface area (TPSA) is 55.1 Å². The number of carbonyl (C=O) groups excluding carboxylic acids is 1. The van der Waals surface area contributed by atoms with E-state index in [0.29, 0.717) is 18.4 Å². The summed E-state index contributed by atoms with van der Waals surface area (Å²) in [5.74, 6) is -0.482. The van der Waals surface area contributed by atoms with Gasteiger partial charge < -0.3 is 9.84 Å². The molecule has 1 heterocycles. The lowest BCUT2D eigenvalue weighted by Gasteiger charge is -2.19. The Labute approximate surface area is 125 Å². The third-order valence-electron chi connectivity index (χ3n) is 3.17. The van der Waals surface area contributed by atoms with Crippen LogP contribution in [0, 0.1) is 0 Å². The molecule has 0 radical (unpaired) electrons. The van der Waals surface area contributed by atoms with Crippen LogP contribution in [0.4, 0.5) is 13.2 Å². The minimum Gasteiger partial charge on any atom is -0.364 e. The van der Waals surface area contributed by atoms with Crippen molar-refractivity contribution >= 4 is 5.91 Å². The summed E-state index contributed by atoms with van der Waals surface area (Å²) in [7, 11) is 0. The normalized spacial score (nSPS) is 12.9. The number of rotatable bonds is 5. The van der Waals surface area contributed by atoms with E-state index < -0.39 is 23.7 Å². The summed E-state index contributed by atoms with van der Waals surface area (Å²) < 4.78 is 43.0. The van der Waals surface area contributed by atoms with E-state index in [-0.39, 0.29) is 5.69 Å². The third kappa shape index (κ3) is 3.87. The van der Waals surface area contributed by atoms with Gasteiger partial charge in [0.05, 0.1) is 11.6 Å². The number of aromatic nitrogens is 1. The van der Waals surface area contributed by atoms with Crippen LogP contribution in [0.25, 0.3) is 0 Å². The third-order valence-corrected chi connectivity index (χ3v) is 3.17. The number of alkyl halides is 3. The molecule has 1 aromatic carbocycles. The highest BCUT2D eigenvalue weighted by Crippen LogP contribution is 2.31. The van der Waals surface area contributed by atoms with Crippen molar-refractivity contribution < 1.29 is 22.5 Å². The fourth-order valence-electron chi connectivity index (χ4n) is 2.10. The zero-order valence-corrected chi connectivity index (χ0v) is 11.9. The van der Waals surface area contributed by atoms with Gasteiger partial charge in [-0.25, -0.2) is 0 Å². The van der Waals surface area contributed by atoms with E-state index in [1.807, 2.05) is 6.92 Å². The molecule has 1 atom stereocenters.